The van der Waals surface area contributed by atoms with Gasteiger partial charge in [0.25, 0.3) is 0 Å². The maximum absolute atomic E-state index is 5.32. The van der Waals surface area contributed by atoms with Gasteiger partial charge in [0.1, 0.15) is 5.65 Å². The van der Waals surface area contributed by atoms with Crippen LogP contribution in [0.15, 0.2) is 122 Å². The first-order valence-corrected chi connectivity index (χ1v) is 14.0. The largest absolute Gasteiger partial charge is 0.290 e. The monoisotopic (exact) mass is 542 g/mol. The second-order valence-electron chi connectivity index (χ2n) is 11.1. The highest BCUT2D eigenvalue weighted by Gasteiger charge is 2.26. The molecule has 0 aliphatic heterocycles. The molecule has 0 spiro atoms. The highest BCUT2D eigenvalue weighted by molar-refractivity contribution is 6.11. The maximum Gasteiger partial charge on any atom is 0.146 e. The van der Waals surface area contributed by atoms with Crippen molar-refractivity contribution >= 4 is 38.5 Å². The van der Waals surface area contributed by atoms with Crippen molar-refractivity contribution in [2.24, 2.45) is 0 Å². The fourth-order valence-electron chi connectivity index (χ4n) is 5.87. The quantitative estimate of drug-likeness (QED) is 0.211. The molecule has 0 radical (unpaired) electrons. The van der Waals surface area contributed by atoms with Gasteiger partial charge in [-0.1, -0.05) is 74.5 Å². The van der Waals surface area contributed by atoms with Crippen molar-refractivity contribution in [3.63, 3.8) is 0 Å². The molecule has 0 saturated carbocycles. The molecule has 8 aromatic rings. The van der Waals surface area contributed by atoms with Gasteiger partial charge in [-0.15, -0.1) is 10.2 Å². The molecule has 0 aliphatic rings. The number of rotatable bonds is 4. The van der Waals surface area contributed by atoms with Gasteiger partial charge in [0, 0.05) is 39.7 Å². The van der Waals surface area contributed by atoms with Crippen LogP contribution in [0.2, 0.25) is 0 Å². The molecule has 42 heavy (non-hydrogen) atoms. The first-order chi connectivity index (χ1) is 20.6. The molecule has 5 aromatic heterocycles. The van der Waals surface area contributed by atoms with Crippen LogP contribution in [0.5, 0.6) is 0 Å². The average Bonchev–Trinajstić information content (AvgIpc) is 3.45. The van der Waals surface area contributed by atoms with Gasteiger partial charge in [-0.25, -0.2) is 9.97 Å². The van der Waals surface area contributed by atoms with E-state index in [1.807, 2.05) is 67.0 Å². The number of nitrogens with zero attached hydrogens (tertiary/aromatic N) is 6. The minimum atomic E-state index is -0.373. The predicted octanol–water partition coefficient (Wildman–Crippen LogP) is 8.03. The Hall–Kier alpha value is -5.49. The minimum absolute atomic E-state index is 0.373. The lowest BCUT2D eigenvalue weighted by Gasteiger charge is -2.26. The molecule has 0 atom stereocenters. The Morgan fingerprint density at radius 3 is 2.21 bits per heavy atom. The lowest BCUT2D eigenvalue weighted by molar-refractivity contribution is 0.620. The van der Waals surface area contributed by atoms with Crippen LogP contribution in [0.1, 0.15) is 25.1 Å². The van der Waals surface area contributed by atoms with Crippen LogP contribution in [0, 0.1) is 0 Å². The molecule has 8 rings (SSSR count). The summed E-state index contributed by atoms with van der Waals surface area (Å²) in [6.45, 7) is 4.44. The van der Waals surface area contributed by atoms with Crippen molar-refractivity contribution in [1.82, 2.24) is 29.5 Å². The molecule has 200 valence electrons. The number of hydrogen-bond acceptors (Lipinski definition) is 5. The fourth-order valence-corrected chi connectivity index (χ4v) is 5.87. The Balaban J connectivity index is 1.25. The zero-order valence-corrected chi connectivity index (χ0v) is 23.2. The smallest absolute Gasteiger partial charge is 0.146 e. The molecule has 0 bridgehead atoms. The third kappa shape index (κ3) is 3.76. The molecule has 0 N–H and O–H groups in total. The summed E-state index contributed by atoms with van der Waals surface area (Å²) in [6.07, 6.45) is 3.72. The molecular weight excluding hydrogens is 516 g/mol. The van der Waals surface area contributed by atoms with Crippen molar-refractivity contribution in [3.8, 4) is 22.5 Å². The molecule has 6 nitrogen and oxygen atoms in total. The third-order valence-corrected chi connectivity index (χ3v) is 8.25. The van der Waals surface area contributed by atoms with Gasteiger partial charge in [-0.3, -0.25) is 9.38 Å². The second kappa shape index (κ2) is 9.28. The summed E-state index contributed by atoms with van der Waals surface area (Å²) in [4.78, 5) is 14.7. The molecule has 6 heteroatoms. The van der Waals surface area contributed by atoms with Gasteiger partial charge in [-0.2, -0.15) is 0 Å². The third-order valence-electron chi connectivity index (χ3n) is 8.25. The normalized spacial score (nSPS) is 12.0. The molecule has 0 fully saturated rings. The van der Waals surface area contributed by atoms with E-state index in [0.717, 1.165) is 72.3 Å². The summed E-state index contributed by atoms with van der Waals surface area (Å²) in [5.74, 6) is 0. The van der Waals surface area contributed by atoms with E-state index in [1.165, 1.54) is 0 Å². The zero-order chi connectivity index (χ0) is 28.3. The van der Waals surface area contributed by atoms with Crippen LogP contribution in [-0.4, -0.2) is 29.5 Å². The number of pyridine rings is 3. The number of benzene rings is 3. The van der Waals surface area contributed by atoms with Gasteiger partial charge in [0.15, 0.2) is 0 Å². The maximum atomic E-state index is 5.32. The van der Waals surface area contributed by atoms with Crippen molar-refractivity contribution in [2.45, 2.75) is 19.3 Å². The summed E-state index contributed by atoms with van der Waals surface area (Å²) in [5.41, 5.74) is 10.4. The topological polar surface area (TPSA) is 68.9 Å². The molecule has 0 saturated heterocycles. The van der Waals surface area contributed by atoms with Crippen LogP contribution in [0.25, 0.3) is 61.0 Å². The second-order valence-corrected chi connectivity index (χ2v) is 11.1. The highest BCUT2D eigenvalue weighted by atomic mass is 15.1. The standard InChI is InChI=1S/C36H26N6/c1-36(2,25-12-8-11-24(21-25)29-16-15-28(40-41-29)23-9-4-3-5-10-23)33-18-17-32-34(39-33)27-22-37-20-19-26(27)35-38-30-13-6-7-14-31(30)42(32)35/h3-22H,1-2H3. The van der Waals surface area contributed by atoms with Crippen LogP contribution >= 0.6 is 0 Å². The van der Waals surface area contributed by atoms with Gasteiger partial charge in [0.05, 0.1) is 39.1 Å². The predicted molar refractivity (Wildman–Crippen MR) is 168 cm³/mol. The summed E-state index contributed by atoms with van der Waals surface area (Å²) < 4.78 is 2.22. The van der Waals surface area contributed by atoms with Crippen molar-refractivity contribution in [3.05, 3.63) is 133 Å². The molecule has 0 amide bonds. The van der Waals surface area contributed by atoms with E-state index in [2.05, 4.69) is 88.0 Å². The van der Waals surface area contributed by atoms with E-state index in [-0.39, 0.29) is 5.41 Å². The lowest BCUT2D eigenvalue weighted by atomic mass is 9.80. The highest BCUT2D eigenvalue weighted by Crippen LogP contribution is 2.36. The Morgan fingerprint density at radius 1 is 0.619 bits per heavy atom. The minimum Gasteiger partial charge on any atom is -0.290 e. The number of imidazole rings is 1. The Kier molecular flexibility index (Phi) is 5.37. The van der Waals surface area contributed by atoms with E-state index < -0.39 is 0 Å². The van der Waals surface area contributed by atoms with Crippen LogP contribution in [0.4, 0.5) is 0 Å². The van der Waals surface area contributed by atoms with E-state index in [9.17, 15) is 0 Å². The first-order valence-electron chi connectivity index (χ1n) is 14.0. The molecule has 0 aliphatic carbocycles. The number of para-hydroxylation sites is 2. The van der Waals surface area contributed by atoms with E-state index in [0.29, 0.717) is 0 Å². The Morgan fingerprint density at radius 2 is 1.38 bits per heavy atom. The van der Waals surface area contributed by atoms with Crippen LogP contribution in [-0.2, 0) is 5.41 Å². The van der Waals surface area contributed by atoms with Crippen LogP contribution in [0.3, 0.4) is 0 Å². The first kappa shape index (κ1) is 24.3. The fraction of sp³-hybridized carbons (Fsp3) is 0.0833. The number of hydrogen-bond donors (Lipinski definition) is 0. The van der Waals surface area contributed by atoms with Crippen molar-refractivity contribution in [1.29, 1.82) is 0 Å². The molecule has 0 unspecified atom stereocenters. The molecule has 3 aromatic carbocycles. The SMILES string of the molecule is CC(C)(c1cccc(-c2ccc(-c3ccccc3)nn2)c1)c1ccc2c(n1)c1cnccc1c1nc3ccccc3n21. The van der Waals surface area contributed by atoms with E-state index in [1.54, 1.807) is 0 Å². The Labute approximate surface area is 242 Å². The van der Waals surface area contributed by atoms with Crippen molar-refractivity contribution < 1.29 is 0 Å². The van der Waals surface area contributed by atoms with Crippen LogP contribution < -0.4 is 0 Å². The summed E-state index contributed by atoms with van der Waals surface area (Å²) in [7, 11) is 0. The summed E-state index contributed by atoms with van der Waals surface area (Å²) in [5, 5.41) is 11.1. The van der Waals surface area contributed by atoms with E-state index in [4.69, 9.17) is 9.97 Å². The number of fused-ring (bicyclic) bond motifs is 8. The number of aromatic nitrogens is 6. The summed E-state index contributed by atoms with van der Waals surface area (Å²) >= 11 is 0. The molecular formula is C36H26N6. The summed E-state index contributed by atoms with van der Waals surface area (Å²) in [6, 6.07) is 37.3. The zero-order valence-electron chi connectivity index (χ0n) is 23.2. The molecule has 5 heterocycles. The lowest BCUT2D eigenvalue weighted by Crippen LogP contribution is -2.21. The van der Waals surface area contributed by atoms with Gasteiger partial charge in [0.2, 0.25) is 0 Å². The van der Waals surface area contributed by atoms with E-state index >= 15 is 0 Å². The van der Waals surface area contributed by atoms with Gasteiger partial charge in [-0.05, 0) is 54.1 Å². The van der Waals surface area contributed by atoms with Gasteiger partial charge >= 0.3 is 0 Å². The van der Waals surface area contributed by atoms with Crippen molar-refractivity contribution in [2.75, 3.05) is 0 Å². The average molecular weight is 543 g/mol. The Bertz CT molecular complexity index is 2270. The van der Waals surface area contributed by atoms with Gasteiger partial charge < -0.3 is 0 Å².